The van der Waals surface area contributed by atoms with Crippen molar-refractivity contribution in [2.75, 3.05) is 19.9 Å². The fourth-order valence-corrected chi connectivity index (χ4v) is 5.71. The fourth-order valence-electron chi connectivity index (χ4n) is 5.71. The van der Waals surface area contributed by atoms with Gasteiger partial charge in [-0.15, -0.1) is 0 Å². The SMILES string of the molecule is COc1ccc(F)cc1C(=O)NCc1ccc(-c2nn(CC3CCC(N(C)C(=O)n4cncn4)C3)c3ncnc(N)c23)cc1. The summed E-state index contributed by atoms with van der Waals surface area (Å²) in [6.07, 6.45) is 6.79. The average Bonchev–Trinajstić information content (AvgIpc) is 3.81. The van der Waals surface area contributed by atoms with E-state index in [1.165, 1.54) is 42.9 Å². The van der Waals surface area contributed by atoms with Crippen LogP contribution in [0.5, 0.6) is 5.75 Å². The quantitative estimate of drug-likeness (QED) is 0.273. The maximum absolute atomic E-state index is 13.7. The smallest absolute Gasteiger partial charge is 0.346 e. The third-order valence-electron chi connectivity index (χ3n) is 8.05. The summed E-state index contributed by atoms with van der Waals surface area (Å²) in [7, 11) is 3.22. The van der Waals surface area contributed by atoms with Crippen molar-refractivity contribution in [3.63, 3.8) is 0 Å². The van der Waals surface area contributed by atoms with Crippen molar-refractivity contribution in [1.29, 1.82) is 0 Å². The predicted octanol–water partition coefficient (Wildman–Crippen LogP) is 3.51. The molecule has 3 N–H and O–H groups in total. The molecule has 0 saturated heterocycles. The molecule has 226 valence electrons. The lowest BCUT2D eigenvalue weighted by Gasteiger charge is -2.24. The minimum atomic E-state index is -0.520. The molecule has 2 aromatic carbocycles. The van der Waals surface area contributed by atoms with E-state index in [-0.39, 0.29) is 30.1 Å². The summed E-state index contributed by atoms with van der Waals surface area (Å²) in [5, 5.41) is 12.3. The van der Waals surface area contributed by atoms with Crippen molar-refractivity contribution >= 4 is 28.8 Å². The van der Waals surface area contributed by atoms with Crippen LogP contribution < -0.4 is 15.8 Å². The number of amides is 2. The molecular formula is C30H31FN10O3. The number of nitrogen functional groups attached to an aromatic ring is 1. The van der Waals surface area contributed by atoms with Gasteiger partial charge in [0.25, 0.3) is 5.91 Å². The summed E-state index contributed by atoms with van der Waals surface area (Å²) >= 11 is 0. The largest absolute Gasteiger partial charge is 0.496 e. The number of ether oxygens (including phenoxy) is 1. The number of hydrogen-bond donors (Lipinski definition) is 2. The van der Waals surface area contributed by atoms with Crippen LogP contribution in [0.3, 0.4) is 0 Å². The van der Waals surface area contributed by atoms with Gasteiger partial charge in [0.1, 0.15) is 42.1 Å². The molecule has 14 heteroatoms. The van der Waals surface area contributed by atoms with E-state index in [9.17, 15) is 14.0 Å². The third kappa shape index (κ3) is 5.65. The Bertz CT molecular complexity index is 1810. The van der Waals surface area contributed by atoms with Crippen molar-refractivity contribution in [2.24, 2.45) is 5.92 Å². The van der Waals surface area contributed by atoms with Crippen LogP contribution in [-0.4, -0.2) is 71.6 Å². The van der Waals surface area contributed by atoms with Crippen LogP contribution in [0.2, 0.25) is 0 Å². The standard InChI is InChI=1S/C30H31FN10O3/c1-39(30(43)41-17-33-15-37-41)22-9-5-19(11-22)14-40-28-25(27(32)35-16-36-28)26(38-40)20-6-3-18(4-7-20)13-34-29(42)23-12-21(31)8-10-24(23)44-2/h3-4,6-8,10,12,15-17,19,22H,5,9,11,13-14H2,1-2H3,(H,34,42)(H2,32,35,36). The van der Waals surface area contributed by atoms with Gasteiger partial charge in [-0.25, -0.2) is 28.8 Å². The molecule has 5 aromatic rings. The molecule has 2 amide bonds. The van der Waals surface area contributed by atoms with Crippen molar-refractivity contribution in [3.8, 4) is 17.0 Å². The summed E-state index contributed by atoms with van der Waals surface area (Å²) < 4.78 is 22.0. The molecule has 3 aromatic heterocycles. The number of halogens is 1. The molecule has 6 rings (SSSR count). The number of carbonyl (C=O) groups excluding carboxylic acids is 2. The van der Waals surface area contributed by atoms with Crippen LogP contribution >= 0.6 is 0 Å². The van der Waals surface area contributed by atoms with Crippen LogP contribution in [-0.2, 0) is 13.1 Å². The number of methoxy groups -OCH3 is 1. The normalized spacial score (nSPS) is 16.2. The fraction of sp³-hybridized carbons (Fsp3) is 0.300. The molecule has 1 saturated carbocycles. The zero-order valence-electron chi connectivity index (χ0n) is 24.2. The van der Waals surface area contributed by atoms with E-state index in [0.717, 1.165) is 36.5 Å². The lowest BCUT2D eigenvalue weighted by Crippen LogP contribution is -2.38. The van der Waals surface area contributed by atoms with Crippen molar-refractivity contribution in [3.05, 3.63) is 78.4 Å². The van der Waals surface area contributed by atoms with Gasteiger partial charge < -0.3 is 20.7 Å². The van der Waals surface area contributed by atoms with E-state index in [0.29, 0.717) is 34.8 Å². The first-order valence-electron chi connectivity index (χ1n) is 14.1. The number of nitrogens with one attached hydrogen (secondary N) is 1. The molecule has 0 radical (unpaired) electrons. The summed E-state index contributed by atoms with van der Waals surface area (Å²) in [5.74, 6) is -0.0568. The Morgan fingerprint density at radius 2 is 1.95 bits per heavy atom. The Morgan fingerprint density at radius 1 is 1.14 bits per heavy atom. The lowest BCUT2D eigenvalue weighted by molar-refractivity contribution is 0.0947. The number of rotatable bonds is 8. The molecule has 1 fully saturated rings. The molecule has 44 heavy (non-hydrogen) atoms. The maximum atomic E-state index is 13.7. The number of aromatic nitrogens is 7. The number of nitrogens with zero attached hydrogens (tertiary/aromatic N) is 8. The van der Waals surface area contributed by atoms with Crippen LogP contribution in [0.25, 0.3) is 22.3 Å². The predicted molar refractivity (Wildman–Crippen MR) is 159 cm³/mol. The second-order valence-electron chi connectivity index (χ2n) is 10.8. The zero-order chi connectivity index (χ0) is 30.8. The highest BCUT2D eigenvalue weighted by atomic mass is 19.1. The highest BCUT2D eigenvalue weighted by molar-refractivity contribution is 5.98. The summed E-state index contributed by atoms with van der Waals surface area (Å²) in [6.45, 7) is 0.846. The van der Waals surface area contributed by atoms with Gasteiger partial charge in [0.05, 0.1) is 18.1 Å². The number of anilines is 1. The Morgan fingerprint density at radius 3 is 2.70 bits per heavy atom. The Kier molecular flexibility index (Phi) is 7.87. The van der Waals surface area contributed by atoms with Gasteiger partial charge in [0.2, 0.25) is 0 Å². The van der Waals surface area contributed by atoms with Gasteiger partial charge in [-0.2, -0.15) is 14.9 Å². The molecular weight excluding hydrogens is 567 g/mol. The zero-order valence-corrected chi connectivity index (χ0v) is 24.2. The molecule has 3 heterocycles. The number of benzene rings is 2. The van der Waals surface area contributed by atoms with Crippen molar-refractivity contribution in [1.82, 2.24) is 44.7 Å². The molecule has 2 atom stereocenters. The molecule has 0 aliphatic heterocycles. The van der Waals surface area contributed by atoms with E-state index < -0.39 is 11.7 Å². The lowest BCUT2D eigenvalue weighted by atomic mass is 10.1. The van der Waals surface area contributed by atoms with E-state index in [4.69, 9.17) is 15.6 Å². The summed E-state index contributed by atoms with van der Waals surface area (Å²) in [5.41, 5.74) is 9.39. The van der Waals surface area contributed by atoms with E-state index in [1.807, 2.05) is 28.9 Å². The van der Waals surface area contributed by atoms with Crippen molar-refractivity contribution in [2.45, 2.75) is 38.4 Å². The van der Waals surface area contributed by atoms with Gasteiger partial charge >= 0.3 is 6.03 Å². The summed E-state index contributed by atoms with van der Waals surface area (Å²) in [4.78, 5) is 39.7. The first-order chi connectivity index (χ1) is 21.3. The molecule has 0 bridgehead atoms. The maximum Gasteiger partial charge on any atom is 0.346 e. The van der Waals surface area contributed by atoms with Crippen LogP contribution in [0.1, 0.15) is 35.2 Å². The van der Waals surface area contributed by atoms with Gasteiger partial charge in [0, 0.05) is 31.7 Å². The molecule has 2 unspecified atom stereocenters. The number of nitrogens with two attached hydrogens (primary N) is 1. The van der Waals surface area contributed by atoms with E-state index in [1.54, 1.807) is 11.9 Å². The number of hydrogen-bond acceptors (Lipinski definition) is 9. The van der Waals surface area contributed by atoms with E-state index in [2.05, 4.69) is 25.4 Å². The second kappa shape index (κ2) is 12.1. The Labute approximate surface area is 251 Å². The van der Waals surface area contributed by atoms with Crippen LogP contribution in [0.4, 0.5) is 15.0 Å². The Balaban J connectivity index is 1.16. The highest BCUT2D eigenvalue weighted by Gasteiger charge is 2.32. The molecule has 1 aliphatic carbocycles. The first-order valence-corrected chi connectivity index (χ1v) is 14.1. The average molecular weight is 599 g/mol. The molecule has 13 nitrogen and oxygen atoms in total. The van der Waals surface area contributed by atoms with Gasteiger partial charge in [-0.3, -0.25) is 4.79 Å². The number of carbonyl (C=O) groups is 2. The van der Waals surface area contributed by atoms with Gasteiger partial charge in [-0.05, 0) is 48.9 Å². The first kappa shape index (κ1) is 28.7. The number of fused-ring (bicyclic) bond motifs is 1. The van der Waals surface area contributed by atoms with E-state index >= 15 is 0 Å². The monoisotopic (exact) mass is 598 g/mol. The van der Waals surface area contributed by atoms with Crippen molar-refractivity contribution < 1.29 is 18.7 Å². The summed E-state index contributed by atoms with van der Waals surface area (Å²) in [6, 6.07) is 11.2. The van der Waals surface area contributed by atoms with Gasteiger partial charge in [0.15, 0.2) is 5.65 Å². The minimum absolute atomic E-state index is 0.0766. The van der Waals surface area contributed by atoms with Crippen LogP contribution in [0, 0.1) is 11.7 Å². The minimum Gasteiger partial charge on any atom is -0.496 e. The van der Waals surface area contributed by atoms with Crippen LogP contribution in [0.15, 0.2) is 61.4 Å². The second-order valence-corrected chi connectivity index (χ2v) is 10.8. The Hall–Kier alpha value is -5.40. The van der Waals surface area contributed by atoms with Gasteiger partial charge in [-0.1, -0.05) is 24.3 Å². The third-order valence-corrected chi connectivity index (χ3v) is 8.05. The topological polar surface area (TPSA) is 159 Å². The molecule has 0 spiro atoms. The highest BCUT2D eigenvalue weighted by Crippen LogP contribution is 2.34. The molecule has 1 aliphatic rings.